The number of hydrogen-bond acceptors (Lipinski definition) is 3. The fraction of sp³-hybridized carbons (Fsp3) is 0.286. The average Bonchev–Trinajstić information content (AvgIpc) is 2.87. The molecule has 3 aromatic carbocycles. The van der Waals surface area contributed by atoms with E-state index in [9.17, 15) is 9.59 Å². The van der Waals surface area contributed by atoms with E-state index in [2.05, 4.69) is 11.4 Å². The van der Waals surface area contributed by atoms with Crippen molar-refractivity contribution in [1.82, 2.24) is 10.2 Å². The van der Waals surface area contributed by atoms with E-state index in [1.807, 2.05) is 78.6 Å². The second-order valence-corrected chi connectivity index (χ2v) is 8.58. The SMILES string of the molecule is COc1ccccc1CNC(=O)c1cccc([C@H]2CCCN(C(=O)c3ccc(C)cc3)C2)c1. The third-order valence-electron chi connectivity index (χ3n) is 6.26. The third kappa shape index (κ3) is 5.43. The topological polar surface area (TPSA) is 58.6 Å². The van der Waals surface area contributed by atoms with Gasteiger partial charge in [-0.15, -0.1) is 0 Å². The van der Waals surface area contributed by atoms with Gasteiger partial charge in [-0.05, 0) is 55.7 Å². The zero-order valence-corrected chi connectivity index (χ0v) is 19.2. The summed E-state index contributed by atoms with van der Waals surface area (Å²) in [5, 5.41) is 2.99. The van der Waals surface area contributed by atoms with Crippen LogP contribution in [-0.2, 0) is 6.54 Å². The van der Waals surface area contributed by atoms with Crippen LogP contribution in [0.1, 0.15) is 56.2 Å². The van der Waals surface area contributed by atoms with Crippen LogP contribution in [0.4, 0.5) is 0 Å². The number of ether oxygens (including phenoxy) is 1. The highest BCUT2D eigenvalue weighted by molar-refractivity contribution is 5.95. The summed E-state index contributed by atoms with van der Waals surface area (Å²) in [6, 6.07) is 23.2. The number of para-hydroxylation sites is 1. The number of piperidine rings is 1. The van der Waals surface area contributed by atoms with Crippen LogP contribution < -0.4 is 10.1 Å². The van der Waals surface area contributed by atoms with E-state index >= 15 is 0 Å². The van der Waals surface area contributed by atoms with Crippen molar-refractivity contribution in [3.63, 3.8) is 0 Å². The second kappa shape index (κ2) is 10.3. The predicted molar refractivity (Wildman–Crippen MR) is 130 cm³/mol. The summed E-state index contributed by atoms with van der Waals surface area (Å²) in [5.41, 5.74) is 4.53. The second-order valence-electron chi connectivity index (χ2n) is 8.58. The van der Waals surface area contributed by atoms with Crippen molar-refractivity contribution in [2.75, 3.05) is 20.2 Å². The largest absolute Gasteiger partial charge is 0.496 e. The summed E-state index contributed by atoms with van der Waals surface area (Å²) in [4.78, 5) is 27.7. The zero-order valence-electron chi connectivity index (χ0n) is 19.2. The van der Waals surface area contributed by atoms with Gasteiger partial charge in [0, 0.05) is 42.2 Å². The Kier molecular flexibility index (Phi) is 7.08. The van der Waals surface area contributed by atoms with Crippen molar-refractivity contribution in [3.8, 4) is 5.75 Å². The Hall–Kier alpha value is -3.60. The Morgan fingerprint density at radius 2 is 1.79 bits per heavy atom. The molecule has 0 saturated carbocycles. The molecule has 0 radical (unpaired) electrons. The first kappa shape index (κ1) is 22.6. The number of aryl methyl sites for hydroxylation is 1. The lowest BCUT2D eigenvalue weighted by Gasteiger charge is -2.33. The molecular formula is C28H30N2O3. The van der Waals surface area contributed by atoms with Crippen LogP contribution in [0, 0.1) is 6.92 Å². The lowest BCUT2D eigenvalue weighted by atomic mass is 9.89. The minimum Gasteiger partial charge on any atom is -0.496 e. The lowest BCUT2D eigenvalue weighted by molar-refractivity contribution is 0.0706. The molecule has 0 unspecified atom stereocenters. The number of benzene rings is 3. The Balaban J connectivity index is 1.42. The van der Waals surface area contributed by atoms with Crippen molar-refractivity contribution >= 4 is 11.8 Å². The van der Waals surface area contributed by atoms with Crippen LogP contribution in [0.25, 0.3) is 0 Å². The van der Waals surface area contributed by atoms with Gasteiger partial charge in [-0.3, -0.25) is 9.59 Å². The van der Waals surface area contributed by atoms with Crippen LogP contribution in [-0.4, -0.2) is 36.9 Å². The lowest BCUT2D eigenvalue weighted by Crippen LogP contribution is -2.39. The normalized spacial score (nSPS) is 15.7. The molecule has 33 heavy (non-hydrogen) atoms. The standard InChI is InChI=1S/C28H30N2O3/c1-20-12-14-21(15-13-20)28(32)30-16-6-10-25(19-30)22-8-5-9-23(17-22)27(31)29-18-24-7-3-4-11-26(24)33-2/h3-5,7-9,11-15,17,25H,6,10,16,18-19H2,1-2H3,(H,29,31)/t25-/m0/s1. The summed E-state index contributed by atoms with van der Waals surface area (Å²) in [7, 11) is 1.63. The molecule has 4 rings (SSSR count). The molecule has 1 aliphatic rings. The van der Waals surface area contributed by atoms with Crippen molar-refractivity contribution in [3.05, 3.63) is 101 Å². The number of nitrogens with zero attached hydrogens (tertiary/aromatic N) is 1. The highest BCUT2D eigenvalue weighted by Gasteiger charge is 2.26. The summed E-state index contributed by atoms with van der Waals surface area (Å²) in [6.07, 6.45) is 1.95. The minimum absolute atomic E-state index is 0.0745. The van der Waals surface area contributed by atoms with E-state index < -0.39 is 0 Å². The van der Waals surface area contributed by atoms with Crippen LogP contribution in [0.2, 0.25) is 0 Å². The highest BCUT2D eigenvalue weighted by Crippen LogP contribution is 2.28. The molecular weight excluding hydrogens is 412 g/mol. The van der Waals surface area contributed by atoms with Gasteiger partial charge in [0.2, 0.25) is 0 Å². The maximum absolute atomic E-state index is 13.0. The summed E-state index contributed by atoms with van der Waals surface area (Å²) in [6.45, 7) is 3.85. The highest BCUT2D eigenvalue weighted by atomic mass is 16.5. The van der Waals surface area contributed by atoms with Crippen molar-refractivity contribution < 1.29 is 14.3 Å². The fourth-order valence-electron chi connectivity index (χ4n) is 4.37. The van der Waals surface area contributed by atoms with E-state index in [0.29, 0.717) is 18.7 Å². The molecule has 1 fully saturated rings. The molecule has 0 spiro atoms. The van der Waals surface area contributed by atoms with E-state index in [4.69, 9.17) is 4.74 Å². The van der Waals surface area contributed by atoms with Gasteiger partial charge in [0.25, 0.3) is 11.8 Å². The Morgan fingerprint density at radius 1 is 1.00 bits per heavy atom. The maximum atomic E-state index is 13.0. The molecule has 1 atom stereocenters. The van der Waals surface area contributed by atoms with Crippen LogP contribution in [0.5, 0.6) is 5.75 Å². The molecule has 1 N–H and O–H groups in total. The summed E-state index contributed by atoms with van der Waals surface area (Å²) < 4.78 is 5.37. The number of amides is 2. The zero-order chi connectivity index (χ0) is 23.2. The quantitative estimate of drug-likeness (QED) is 0.587. The number of hydrogen-bond donors (Lipinski definition) is 1. The molecule has 1 saturated heterocycles. The van der Waals surface area contributed by atoms with Crippen molar-refractivity contribution in [2.24, 2.45) is 0 Å². The fourth-order valence-corrected chi connectivity index (χ4v) is 4.37. The van der Waals surface area contributed by atoms with Gasteiger partial charge < -0.3 is 15.0 Å². The van der Waals surface area contributed by atoms with Crippen LogP contribution in [0.3, 0.4) is 0 Å². The molecule has 1 heterocycles. The van der Waals surface area contributed by atoms with Crippen LogP contribution in [0.15, 0.2) is 72.8 Å². The number of likely N-dealkylation sites (tertiary alicyclic amines) is 1. The first-order valence-electron chi connectivity index (χ1n) is 11.4. The molecule has 0 aromatic heterocycles. The summed E-state index contributed by atoms with van der Waals surface area (Å²) in [5.74, 6) is 0.929. The number of rotatable bonds is 6. The van der Waals surface area contributed by atoms with E-state index in [-0.39, 0.29) is 17.7 Å². The van der Waals surface area contributed by atoms with Crippen molar-refractivity contribution in [1.29, 1.82) is 0 Å². The average molecular weight is 443 g/mol. The number of carbonyl (C=O) groups excluding carboxylic acids is 2. The molecule has 5 heteroatoms. The van der Waals surface area contributed by atoms with Gasteiger partial charge in [-0.25, -0.2) is 0 Å². The molecule has 1 aliphatic heterocycles. The number of methoxy groups -OCH3 is 1. The minimum atomic E-state index is -0.119. The van der Waals surface area contributed by atoms with E-state index in [0.717, 1.165) is 47.4 Å². The van der Waals surface area contributed by atoms with Gasteiger partial charge in [0.15, 0.2) is 0 Å². The van der Waals surface area contributed by atoms with Gasteiger partial charge in [0.05, 0.1) is 7.11 Å². The van der Waals surface area contributed by atoms with E-state index in [1.165, 1.54) is 0 Å². The number of carbonyl (C=O) groups is 2. The molecule has 0 aliphatic carbocycles. The van der Waals surface area contributed by atoms with Gasteiger partial charge in [-0.1, -0.05) is 48.0 Å². The van der Waals surface area contributed by atoms with Gasteiger partial charge in [0.1, 0.15) is 5.75 Å². The first-order valence-corrected chi connectivity index (χ1v) is 11.4. The predicted octanol–water partition coefficient (Wildman–Crippen LogP) is 4.95. The molecule has 170 valence electrons. The molecule has 0 bridgehead atoms. The first-order chi connectivity index (χ1) is 16.0. The van der Waals surface area contributed by atoms with Gasteiger partial charge >= 0.3 is 0 Å². The smallest absolute Gasteiger partial charge is 0.253 e. The number of nitrogens with one attached hydrogen (secondary N) is 1. The third-order valence-corrected chi connectivity index (χ3v) is 6.26. The molecule has 5 nitrogen and oxygen atoms in total. The Labute approximate surface area is 195 Å². The van der Waals surface area contributed by atoms with E-state index in [1.54, 1.807) is 7.11 Å². The maximum Gasteiger partial charge on any atom is 0.253 e. The monoisotopic (exact) mass is 442 g/mol. The molecule has 2 amide bonds. The van der Waals surface area contributed by atoms with Crippen LogP contribution >= 0.6 is 0 Å². The van der Waals surface area contributed by atoms with Gasteiger partial charge in [-0.2, -0.15) is 0 Å². The summed E-state index contributed by atoms with van der Waals surface area (Å²) >= 11 is 0. The van der Waals surface area contributed by atoms with Crippen molar-refractivity contribution in [2.45, 2.75) is 32.2 Å². The Morgan fingerprint density at radius 3 is 2.58 bits per heavy atom. The molecule has 3 aromatic rings. The Bertz CT molecular complexity index is 1120.